The maximum Gasteiger partial charge on any atom is 0.191 e. The third-order valence-electron chi connectivity index (χ3n) is 5.23. The molecule has 0 radical (unpaired) electrons. The lowest BCUT2D eigenvalue weighted by Crippen LogP contribution is -2.41. The molecule has 2 rings (SSSR count). The van der Waals surface area contributed by atoms with E-state index in [4.69, 9.17) is 19.0 Å². The fraction of sp³-hybridized carbons (Fsp3) is 0.565. The summed E-state index contributed by atoms with van der Waals surface area (Å²) >= 11 is 0. The van der Waals surface area contributed by atoms with Crippen molar-refractivity contribution < 1.29 is 14.0 Å². The monoisotopic (exact) mass is 559 g/mol. The minimum absolute atomic E-state index is 0. The van der Waals surface area contributed by atoms with Crippen LogP contribution in [0.2, 0.25) is 0 Å². The fourth-order valence-corrected chi connectivity index (χ4v) is 3.47. The van der Waals surface area contributed by atoms with Crippen LogP contribution in [0.25, 0.3) is 0 Å². The minimum atomic E-state index is 0. The second kappa shape index (κ2) is 14.2. The predicted octanol–water partition coefficient (Wildman–Crippen LogP) is 3.79. The van der Waals surface area contributed by atoms with Gasteiger partial charge >= 0.3 is 0 Å². The molecule has 0 saturated heterocycles. The van der Waals surface area contributed by atoms with E-state index < -0.39 is 0 Å². The van der Waals surface area contributed by atoms with Gasteiger partial charge in [0.25, 0.3) is 0 Å². The number of nitrogens with zero attached hydrogens (tertiary/aromatic N) is 3. The SMILES string of the molecule is CCNC(=NCc1c(CC)noc1CC)NCC(c1ccc(OC)c(OC)c1)N(C)C.I. The first kappa shape index (κ1) is 28.0. The molecular weight excluding hydrogens is 521 g/mol. The van der Waals surface area contributed by atoms with Gasteiger partial charge in [0.15, 0.2) is 17.5 Å². The van der Waals surface area contributed by atoms with Gasteiger partial charge < -0.3 is 29.5 Å². The highest BCUT2D eigenvalue weighted by Crippen LogP contribution is 2.31. The zero-order valence-corrected chi connectivity index (χ0v) is 22.6. The van der Waals surface area contributed by atoms with Crippen LogP contribution in [0.4, 0.5) is 0 Å². The molecule has 0 aliphatic rings. The number of aliphatic imine (C=N–C) groups is 1. The molecule has 8 nitrogen and oxygen atoms in total. The van der Waals surface area contributed by atoms with Gasteiger partial charge in [0, 0.05) is 25.1 Å². The Morgan fingerprint density at radius 1 is 1.09 bits per heavy atom. The van der Waals surface area contributed by atoms with Crippen molar-refractivity contribution in [3.05, 3.63) is 40.8 Å². The van der Waals surface area contributed by atoms with Crippen LogP contribution in [0.3, 0.4) is 0 Å². The number of hydrogen-bond acceptors (Lipinski definition) is 6. The van der Waals surface area contributed by atoms with Crippen LogP contribution in [0.15, 0.2) is 27.7 Å². The summed E-state index contributed by atoms with van der Waals surface area (Å²) in [7, 11) is 7.42. The average molecular weight is 559 g/mol. The predicted molar refractivity (Wildman–Crippen MR) is 139 cm³/mol. The summed E-state index contributed by atoms with van der Waals surface area (Å²) in [5.41, 5.74) is 3.20. The number of ether oxygens (including phenoxy) is 2. The van der Waals surface area contributed by atoms with Crippen molar-refractivity contribution in [1.82, 2.24) is 20.7 Å². The van der Waals surface area contributed by atoms with Gasteiger partial charge in [-0.25, -0.2) is 4.99 Å². The Kier molecular flexibility index (Phi) is 12.4. The van der Waals surface area contributed by atoms with Crippen LogP contribution in [-0.2, 0) is 19.4 Å². The average Bonchev–Trinajstić information content (AvgIpc) is 3.18. The molecule has 9 heteroatoms. The molecule has 1 aromatic carbocycles. The van der Waals surface area contributed by atoms with E-state index in [-0.39, 0.29) is 30.0 Å². The van der Waals surface area contributed by atoms with E-state index in [1.165, 1.54) is 0 Å². The van der Waals surface area contributed by atoms with Crippen molar-refractivity contribution in [1.29, 1.82) is 0 Å². The Labute approximate surface area is 209 Å². The van der Waals surface area contributed by atoms with E-state index in [1.807, 2.05) is 12.1 Å². The molecule has 1 atom stereocenters. The van der Waals surface area contributed by atoms with Gasteiger partial charge in [-0.3, -0.25) is 0 Å². The van der Waals surface area contributed by atoms with Gasteiger partial charge in [-0.15, -0.1) is 24.0 Å². The first-order valence-corrected chi connectivity index (χ1v) is 10.9. The van der Waals surface area contributed by atoms with Crippen LogP contribution >= 0.6 is 24.0 Å². The number of aryl methyl sites for hydroxylation is 2. The quantitative estimate of drug-likeness (QED) is 0.246. The van der Waals surface area contributed by atoms with Gasteiger partial charge in [-0.05, 0) is 45.1 Å². The summed E-state index contributed by atoms with van der Waals surface area (Å²) in [6.45, 7) is 8.20. The first-order chi connectivity index (χ1) is 15.0. The fourth-order valence-electron chi connectivity index (χ4n) is 3.47. The van der Waals surface area contributed by atoms with Crippen molar-refractivity contribution in [2.45, 2.75) is 46.2 Å². The lowest BCUT2D eigenvalue weighted by atomic mass is 10.1. The van der Waals surface area contributed by atoms with Gasteiger partial charge in [0.2, 0.25) is 0 Å². The number of likely N-dealkylation sites (N-methyl/N-ethyl adjacent to an activating group) is 1. The molecule has 0 amide bonds. The standard InChI is InChI=1S/C23H37N5O3.HI/c1-8-18-17(20(9-2)31-27-18)14-25-23(24-10-3)26-15-19(28(4)5)16-11-12-21(29-6)22(13-16)30-7;/h11-13,19H,8-10,14-15H2,1-7H3,(H2,24,25,26);1H. The minimum Gasteiger partial charge on any atom is -0.493 e. The van der Waals surface area contributed by atoms with E-state index in [0.717, 1.165) is 59.4 Å². The largest absolute Gasteiger partial charge is 0.493 e. The molecule has 0 aliphatic carbocycles. The van der Waals surface area contributed by atoms with Crippen LogP contribution in [0, 0.1) is 0 Å². The molecule has 32 heavy (non-hydrogen) atoms. The smallest absolute Gasteiger partial charge is 0.191 e. The van der Waals surface area contributed by atoms with E-state index in [0.29, 0.717) is 13.1 Å². The van der Waals surface area contributed by atoms with Crippen molar-refractivity contribution in [2.24, 2.45) is 4.99 Å². The number of rotatable bonds is 11. The number of guanidine groups is 1. The molecule has 1 aromatic heterocycles. The molecule has 1 unspecified atom stereocenters. The molecule has 180 valence electrons. The highest BCUT2D eigenvalue weighted by atomic mass is 127. The zero-order chi connectivity index (χ0) is 22.8. The molecule has 2 N–H and O–H groups in total. The zero-order valence-electron chi connectivity index (χ0n) is 20.3. The number of hydrogen-bond donors (Lipinski definition) is 2. The summed E-state index contributed by atoms with van der Waals surface area (Å²) in [4.78, 5) is 6.96. The Balaban J connectivity index is 0.00000512. The molecule has 0 spiro atoms. The molecule has 1 heterocycles. The van der Waals surface area contributed by atoms with Crippen LogP contribution in [0.1, 0.15) is 49.4 Å². The third-order valence-corrected chi connectivity index (χ3v) is 5.23. The van der Waals surface area contributed by atoms with Crippen LogP contribution < -0.4 is 20.1 Å². The summed E-state index contributed by atoms with van der Waals surface area (Å²) < 4.78 is 16.3. The van der Waals surface area contributed by atoms with Crippen molar-refractivity contribution in [3.63, 3.8) is 0 Å². The summed E-state index contributed by atoms with van der Waals surface area (Å²) in [6.07, 6.45) is 1.64. The number of benzene rings is 1. The summed E-state index contributed by atoms with van der Waals surface area (Å²) in [5.74, 6) is 3.12. The molecule has 0 aliphatic heterocycles. The van der Waals surface area contributed by atoms with Crippen molar-refractivity contribution in [2.75, 3.05) is 41.4 Å². The highest BCUT2D eigenvalue weighted by Gasteiger charge is 2.18. The van der Waals surface area contributed by atoms with Crippen LogP contribution in [0.5, 0.6) is 11.5 Å². The Morgan fingerprint density at radius 3 is 2.38 bits per heavy atom. The number of nitrogens with one attached hydrogen (secondary N) is 2. The molecule has 0 fully saturated rings. The molecule has 2 aromatic rings. The Bertz CT molecular complexity index is 833. The molecular formula is C23H38IN5O3. The lowest BCUT2D eigenvalue weighted by molar-refractivity contribution is 0.295. The highest BCUT2D eigenvalue weighted by molar-refractivity contribution is 14.0. The maximum atomic E-state index is 5.48. The summed E-state index contributed by atoms with van der Waals surface area (Å²) in [5, 5.41) is 11.0. The van der Waals surface area contributed by atoms with Gasteiger partial charge in [0.05, 0.1) is 32.5 Å². The Hall–Kier alpha value is -2.01. The van der Waals surface area contributed by atoms with Gasteiger partial charge in [-0.1, -0.05) is 25.1 Å². The Morgan fingerprint density at radius 2 is 1.81 bits per heavy atom. The van der Waals surface area contributed by atoms with Crippen molar-refractivity contribution in [3.8, 4) is 11.5 Å². The topological polar surface area (TPSA) is 84.2 Å². The molecule has 0 bridgehead atoms. The summed E-state index contributed by atoms with van der Waals surface area (Å²) in [6, 6.07) is 6.15. The second-order valence-electron chi connectivity index (χ2n) is 7.41. The second-order valence-corrected chi connectivity index (χ2v) is 7.41. The van der Waals surface area contributed by atoms with E-state index in [1.54, 1.807) is 14.2 Å². The number of methoxy groups -OCH3 is 2. The van der Waals surface area contributed by atoms with Gasteiger partial charge in [0.1, 0.15) is 5.76 Å². The maximum absolute atomic E-state index is 5.48. The van der Waals surface area contributed by atoms with Gasteiger partial charge in [-0.2, -0.15) is 0 Å². The van der Waals surface area contributed by atoms with E-state index >= 15 is 0 Å². The normalized spacial score (nSPS) is 12.3. The van der Waals surface area contributed by atoms with E-state index in [9.17, 15) is 0 Å². The molecule has 0 saturated carbocycles. The third kappa shape index (κ3) is 7.26. The van der Waals surface area contributed by atoms with E-state index in [2.05, 4.69) is 61.6 Å². The van der Waals surface area contributed by atoms with Crippen LogP contribution in [-0.4, -0.2) is 57.4 Å². The van der Waals surface area contributed by atoms with Crippen molar-refractivity contribution >= 4 is 29.9 Å². The number of aromatic nitrogens is 1. The lowest BCUT2D eigenvalue weighted by Gasteiger charge is -2.26. The first-order valence-electron chi connectivity index (χ1n) is 10.9. The number of halogens is 1.